The van der Waals surface area contributed by atoms with Crippen LogP contribution in [0.1, 0.15) is 74.1 Å². The largest absolute Gasteiger partial charge is 0.479 e. The first-order valence-corrected chi connectivity index (χ1v) is 12.8. The Hall–Kier alpha value is -2.25. The van der Waals surface area contributed by atoms with Crippen LogP contribution in [-0.2, 0) is 24.0 Å². The van der Waals surface area contributed by atoms with Gasteiger partial charge in [-0.1, -0.05) is 40.5 Å². The lowest BCUT2D eigenvalue weighted by Gasteiger charge is -2.49. The topological polar surface area (TPSA) is 239 Å². The standard InChI is InChI=1S/C25H48N6O6/c1-8-14(4)18(30)20(33)24(6,7)25(23(36)37,19(32)16(28)11-9-10-12-26)31(21(34)15(5)27)22(35)17(29)13(2)3/h13-18H,8-12,26-30H2,1-7H3,(H,36,37). The van der Waals surface area contributed by atoms with Gasteiger partial charge in [-0.15, -0.1) is 0 Å². The van der Waals surface area contributed by atoms with Crippen LogP contribution in [0.3, 0.4) is 0 Å². The van der Waals surface area contributed by atoms with Gasteiger partial charge in [0.25, 0.3) is 0 Å². The molecule has 0 rings (SSSR count). The summed E-state index contributed by atoms with van der Waals surface area (Å²) >= 11 is 0. The van der Waals surface area contributed by atoms with Gasteiger partial charge in [-0.2, -0.15) is 0 Å². The minimum atomic E-state index is -3.06. The van der Waals surface area contributed by atoms with Crippen molar-refractivity contribution in [2.45, 2.75) is 104 Å². The van der Waals surface area contributed by atoms with E-state index in [1.165, 1.54) is 20.8 Å². The van der Waals surface area contributed by atoms with Crippen molar-refractivity contribution in [1.82, 2.24) is 4.90 Å². The molecule has 0 saturated heterocycles. The third-order valence-corrected chi connectivity index (χ3v) is 7.22. The Kier molecular flexibility index (Phi) is 13.2. The van der Waals surface area contributed by atoms with E-state index in [2.05, 4.69) is 0 Å². The fraction of sp³-hybridized carbons (Fsp3) is 0.800. The van der Waals surface area contributed by atoms with Gasteiger partial charge in [0.15, 0.2) is 11.6 Å². The van der Waals surface area contributed by atoms with Crippen LogP contribution in [0.2, 0.25) is 0 Å². The lowest BCUT2D eigenvalue weighted by atomic mass is 9.61. The summed E-state index contributed by atoms with van der Waals surface area (Å²) in [6.45, 7) is 10.6. The van der Waals surface area contributed by atoms with Crippen molar-refractivity contribution in [3.63, 3.8) is 0 Å². The van der Waals surface area contributed by atoms with Gasteiger partial charge in [0.1, 0.15) is 0 Å². The van der Waals surface area contributed by atoms with E-state index in [9.17, 15) is 29.1 Å². The summed E-state index contributed by atoms with van der Waals surface area (Å²) in [5.41, 5.74) is 24.6. The second-order valence-electron chi connectivity index (χ2n) is 10.7. The molecule has 0 aromatic carbocycles. The Bertz CT molecular complexity index is 846. The fourth-order valence-corrected chi connectivity index (χ4v) is 4.26. The first-order chi connectivity index (χ1) is 16.9. The molecule has 12 heteroatoms. The van der Waals surface area contributed by atoms with Crippen LogP contribution >= 0.6 is 0 Å². The second kappa shape index (κ2) is 14.1. The van der Waals surface area contributed by atoms with E-state index >= 15 is 0 Å². The van der Waals surface area contributed by atoms with E-state index in [1.54, 1.807) is 27.7 Å². The molecule has 0 aromatic rings. The molecule has 2 amide bonds. The molecule has 0 spiro atoms. The van der Waals surface area contributed by atoms with E-state index in [0.717, 1.165) is 0 Å². The summed E-state index contributed by atoms with van der Waals surface area (Å²) in [6, 6.07) is -5.42. The highest BCUT2D eigenvalue weighted by Gasteiger charge is 2.68. The fourth-order valence-electron chi connectivity index (χ4n) is 4.26. The molecular formula is C25H48N6O6. The van der Waals surface area contributed by atoms with Crippen LogP contribution in [0.15, 0.2) is 0 Å². The number of nitrogens with zero attached hydrogens (tertiary/aromatic N) is 1. The molecule has 6 atom stereocenters. The van der Waals surface area contributed by atoms with Gasteiger partial charge in [-0.05, 0) is 52.0 Å². The Morgan fingerprint density at radius 1 is 0.838 bits per heavy atom. The van der Waals surface area contributed by atoms with Crippen LogP contribution in [0.5, 0.6) is 0 Å². The summed E-state index contributed by atoms with van der Waals surface area (Å²) in [6.07, 6.45) is 1.37. The number of nitrogens with two attached hydrogens (primary N) is 5. The molecule has 12 nitrogen and oxygen atoms in total. The Labute approximate surface area is 220 Å². The van der Waals surface area contributed by atoms with Gasteiger partial charge in [0, 0.05) is 0 Å². The zero-order chi connectivity index (χ0) is 29.5. The Balaban J connectivity index is 7.62. The molecule has 0 aromatic heterocycles. The highest BCUT2D eigenvalue weighted by Crippen LogP contribution is 2.42. The predicted octanol–water partition coefficient (Wildman–Crippen LogP) is -0.510. The van der Waals surface area contributed by atoms with Crippen molar-refractivity contribution in [2.24, 2.45) is 45.9 Å². The third kappa shape index (κ3) is 6.99. The number of unbranched alkanes of at least 4 members (excludes halogenated alkanes) is 1. The van der Waals surface area contributed by atoms with Crippen molar-refractivity contribution in [3.8, 4) is 0 Å². The number of carbonyl (C=O) groups excluding carboxylic acids is 4. The van der Waals surface area contributed by atoms with Crippen molar-refractivity contribution in [3.05, 3.63) is 0 Å². The summed E-state index contributed by atoms with van der Waals surface area (Å²) in [5.74, 6) is -7.18. The van der Waals surface area contributed by atoms with Gasteiger partial charge < -0.3 is 33.8 Å². The lowest BCUT2D eigenvalue weighted by Crippen LogP contribution is -2.78. The molecule has 11 N–H and O–H groups in total. The highest BCUT2D eigenvalue weighted by molar-refractivity contribution is 6.21. The third-order valence-electron chi connectivity index (χ3n) is 7.22. The number of amides is 2. The molecule has 0 radical (unpaired) electrons. The van der Waals surface area contributed by atoms with Crippen LogP contribution in [0.25, 0.3) is 0 Å². The number of ketones is 2. The molecule has 0 saturated carbocycles. The number of hydrogen-bond acceptors (Lipinski definition) is 10. The molecule has 0 aliphatic rings. The zero-order valence-electron chi connectivity index (χ0n) is 23.3. The SMILES string of the molecule is CCC(C)C(N)C(=O)C(C)(C)C(C(=O)O)(C(=O)C(N)CCCCN)N(C(=O)C(C)N)C(=O)C(N)C(C)C. The number of carbonyl (C=O) groups is 5. The number of imide groups is 1. The van der Waals surface area contributed by atoms with Crippen LogP contribution < -0.4 is 28.7 Å². The molecule has 0 aliphatic carbocycles. The molecule has 37 heavy (non-hydrogen) atoms. The molecular weight excluding hydrogens is 480 g/mol. The van der Waals surface area contributed by atoms with Crippen molar-refractivity contribution in [2.75, 3.05) is 6.54 Å². The normalized spacial score (nSPS) is 17.8. The minimum Gasteiger partial charge on any atom is -0.479 e. The second-order valence-corrected chi connectivity index (χ2v) is 10.7. The first kappa shape index (κ1) is 34.8. The summed E-state index contributed by atoms with van der Waals surface area (Å²) in [7, 11) is 0. The van der Waals surface area contributed by atoms with Gasteiger partial charge in [0.2, 0.25) is 17.4 Å². The molecule has 0 fully saturated rings. The van der Waals surface area contributed by atoms with E-state index in [4.69, 9.17) is 28.7 Å². The number of carboxylic acid groups (broad SMARTS) is 1. The number of hydrogen-bond donors (Lipinski definition) is 6. The van der Waals surface area contributed by atoms with Crippen molar-refractivity contribution >= 4 is 29.4 Å². The molecule has 214 valence electrons. The maximum atomic E-state index is 14.1. The smallest absolute Gasteiger partial charge is 0.339 e. The number of carboxylic acids is 1. The Morgan fingerprint density at radius 2 is 1.35 bits per heavy atom. The van der Waals surface area contributed by atoms with Gasteiger partial charge in [-0.25, -0.2) is 4.79 Å². The van der Waals surface area contributed by atoms with Crippen LogP contribution in [0, 0.1) is 17.3 Å². The molecule has 0 heterocycles. The lowest BCUT2D eigenvalue weighted by molar-refractivity contribution is -0.183. The Morgan fingerprint density at radius 3 is 1.73 bits per heavy atom. The summed E-state index contributed by atoms with van der Waals surface area (Å²) in [4.78, 5) is 68.7. The van der Waals surface area contributed by atoms with Crippen LogP contribution in [-0.4, -0.2) is 75.6 Å². The maximum Gasteiger partial charge on any atom is 0.339 e. The van der Waals surface area contributed by atoms with E-state index < -0.39 is 76.3 Å². The predicted molar refractivity (Wildman–Crippen MR) is 141 cm³/mol. The molecule has 0 bridgehead atoms. The number of aliphatic carboxylic acids is 1. The zero-order valence-corrected chi connectivity index (χ0v) is 23.3. The number of rotatable bonds is 16. The van der Waals surface area contributed by atoms with Gasteiger partial charge in [-0.3, -0.25) is 24.1 Å². The molecule has 0 aliphatic heterocycles. The van der Waals surface area contributed by atoms with E-state index in [0.29, 0.717) is 25.8 Å². The van der Waals surface area contributed by atoms with Gasteiger partial charge in [0.05, 0.1) is 29.6 Å². The minimum absolute atomic E-state index is 0.0113. The van der Waals surface area contributed by atoms with E-state index in [1.807, 2.05) is 0 Å². The quantitative estimate of drug-likeness (QED) is 0.110. The van der Waals surface area contributed by atoms with E-state index in [-0.39, 0.29) is 11.3 Å². The number of Topliss-reactive ketones (excluding diaryl/α,β-unsaturated/α-hetero) is 2. The van der Waals surface area contributed by atoms with Crippen molar-refractivity contribution in [1.29, 1.82) is 0 Å². The maximum absolute atomic E-state index is 14.1. The molecule has 6 unspecified atom stereocenters. The first-order valence-electron chi connectivity index (χ1n) is 12.8. The summed E-state index contributed by atoms with van der Waals surface area (Å²) in [5, 5.41) is 10.7. The van der Waals surface area contributed by atoms with Crippen molar-refractivity contribution < 1.29 is 29.1 Å². The van der Waals surface area contributed by atoms with Crippen LogP contribution in [0.4, 0.5) is 0 Å². The van der Waals surface area contributed by atoms with Gasteiger partial charge >= 0.3 is 5.97 Å². The summed E-state index contributed by atoms with van der Waals surface area (Å²) < 4.78 is 0. The average molecular weight is 529 g/mol. The monoisotopic (exact) mass is 528 g/mol. The average Bonchev–Trinajstić information content (AvgIpc) is 2.83. The highest BCUT2D eigenvalue weighted by atomic mass is 16.4.